The number of carbonyl (C=O) groups is 1. The summed E-state index contributed by atoms with van der Waals surface area (Å²) in [5.41, 5.74) is 5.95. The second-order valence-electron chi connectivity index (χ2n) is 11.4. The lowest BCUT2D eigenvalue weighted by atomic mass is 9.85. The van der Waals surface area contributed by atoms with Crippen LogP contribution in [-0.4, -0.2) is 52.1 Å². The van der Waals surface area contributed by atoms with Crippen LogP contribution in [0.4, 0.5) is 27.5 Å². The average molecular weight is 513 g/mol. The molecule has 4 aliphatic rings. The van der Waals surface area contributed by atoms with Gasteiger partial charge in [-0.3, -0.25) is 4.79 Å². The highest BCUT2D eigenvalue weighted by Crippen LogP contribution is 2.42. The summed E-state index contributed by atoms with van der Waals surface area (Å²) in [7, 11) is 0. The molecule has 37 heavy (non-hydrogen) atoms. The van der Waals surface area contributed by atoms with Gasteiger partial charge in [0.2, 0.25) is 5.95 Å². The molecule has 202 valence electrons. The molecule has 1 amide bonds. The standard InChI is InChI=1S/C18H20FN5O2.C10H19N.H2/c1-18(2)16(25)24(9-10-3-4-10)13-6-5-11(7-14(13)26-18)22-17-21-8-12(19)15(20)23-17;1-9-5-4-8-11-7-3-2-6-10(9)11;/h5-8,10H,3-4,9H2,1-2H3,(H3,20,21,22,23);9-10H,2-8H2,1H3;1H/t;9-,10-;/m.1./s1. The molecular formula is C28H41FN6O2. The quantitative estimate of drug-likeness (QED) is 0.568. The summed E-state index contributed by atoms with van der Waals surface area (Å²) in [5.74, 6) is 1.41. The number of nitrogens with zero attached hydrogens (tertiary/aromatic N) is 4. The Bertz CT molecular complexity index is 1140. The zero-order valence-corrected chi connectivity index (χ0v) is 22.2. The molecule has 2 aromatic rings. The topological polar surface area (TPSA) is 96.6 Å². The Labute approximate surface area is 220 Å². The lowest BCUT2D eigenvalue weighted by Gasteiger charge is -2.43. The molecule has 6 rings (SSSR count). The lowest BCUT2D eigenvalue weighted by molar-refractivity contribution is -0.132. The van der Waals surface area contributed by atoms with Gasteiger partial charge >= 0.3 is 0 Å². The molecule has 8 nitrogen and oxygen atoms in total. The number of anilines is 4. The van der Waals surface area contributed by atoms with Crippen LogP contribution in [0.5, 0.6) is 5.75 Å². The molecule has 3 fully saturated rings. The first-order valence-corrected chi connectivity index (χ1v) is 13.7. The Balaban J connectivity index is 0.000000235. The van der Waals surface area contributed by atoms with Crippen LogP contribution in [0, 0.1) is 17.7 Å². The minimum atomic E-state index is -0.933. The predicted molar refractivity (Wildman–Crippen MR) is 146 cm³/mol. The molecule has 1 aliphatic carbocycles. The van der Waals surface area contributed by atoms with Gasteiger partial charge in [-0.15, -0.1) is 0 Å². The van der Waals surface area contributed by atoms with E-state index in [2.05, 4.69) is 27.1 Å². The van der Waals surface area contributed by atoms with Crippen molar-refractivity contribution in [3.63, 3.8) is 0 Å². The molecular weight excluding hydrogens is 471 g/mol. The zero-order chi connectivity index (χ0) is 26.2. The van der Waals surface area contributed by atoms with Crippen molar-refractivity contribution in [1.82, 2.24) is 14.9 Å². The highest BCUT2D eigenvalue weighted by atomic mass is 19.1. The zero-order valence-electron chi connectivity index (χ0n) is 22.2. The Hall–Kier alpha value is -2.94. The number of carbonyl (C=O) groups excluding carboxylic acids is 1. The first-order valence-electron chi connectivity index (χ1n) is 13.7. The third-order valence-corrected chi connectivity index (χ3v) is 7.97. The second-order valence-corrected chi connectivity index (χ2v) is 11.4. The summed E-state index contributed by atoms with van der Waals surface area (Å²) >= 11 is 0. The van der Waals surface area contributed by atoms with Crippen LogP contribution in [0.1, 0.15) is 67.1 Å². The third-order valence-electron chi connectivity index (χ3n) is 7.97. The number of aromatic nitrogens is 2. The minimum absolute atomic E-state index is 0. The maximum atomic E-state index is 13.2. The van der Waals surface area contributed by atoms with Gasteiger partial charge in [0.15, 0.2) is 17.2 Å². The molecule has 4 heterocycles. The number of benzene rings is 1. The van der Waals surface area contributed by atoms with Gasteiger partial charge in [-0.2, -0.15) is 4.98 Å². The number of ether oxygens (including phenoxy) is 1. The number of nitrogen functional groups attached to an aromatic ring is 1. The number of rotatable bonds is 4. The summed E-state index contributed by atoms with van der Waals surface area (Å²) in [4.78, 5) is 25.0. The van der Waals surface area contributed by atoms with E-state index in [-0.39, 0.29) is 19.1 Å². The van der Waals surface area contributed by atoms with Gasteiger partial charge in [0, 0.05) is 25.8 Å². The van der Waals surface area contributed by atoms with Crippen LogP contribution in [0.15, 0.2) is 24.4 Å². The van der Waals surface area contributed by atoms with Crippen molar-refractivity contribution in [3.8, 4) is 5.75 Å². The molecule has 3 N–H and O–H groups in total. The van der Waals surface area contributed by atoms with E-state index in [0.717, 1.165) is 36.7 Å². The molecule has 0 unspecified atom stereocenters. The molecule has 1 aromatic heterocycles. The fourth-order valence-electron chi connectivity index (χ4n) is 5.71. The number of nitrogens with one attached hydrogen (secondary N) is 1. The van der Waals surface area contributed by atoms with Gasteiger partial charge in [0.25, 0.3) is 5.91 Å². The first kappa shape index (κ1) is 25.7. The van der Waals surface area contributed by atoms with E-state index in [1.165, 1.54) is 45.2 Å². The van der Waals surface area contributed by atoms with Crippen molar-refractivity contribution in [2.75, 3.05) is 35.6 Å². The number of piperidine rings is 2. The summed E-state index contributed by atoms with van der Waals surface area (Å²) in [6, 6.07) is 6.38. The minimum Gasteiger partial charge on any atom is -0.476 e. The Morgan fingerprint density at radius 3 is 2.70 bits per heavy atom. The number of nitrogens with two attached hydrogens (primary N) is 1. The van der Waals surface area contributed by atoms with Crippen LogP contribution in [0.25, 0.3) is 0 Å². The van der Waals surface area contributed by atoms with E-state index in [1.807, 2.05) is 11.0 Å². The second kappa shape index (κ2) is 10.4. The molecule has 3 aliphatic heterocycles. The summed E-state index contributed by atoms with van der Waals surface area (Å²) in [5, 5.41) is 2.98. The molecule has 1 saturated carbocycles. The van der Waals surface area contributed by atoms with Crippen LogP contribution in [0.2, 0.25) is 0 Å². The van der Waals surface area contributed by atoms with E-state index < -0.39 is 11.4 Å². The normalized spacial score (nSPS) is 24.8. The number of halogens is 1. The molecule has 2 saturated heterocycles. The number of amides is 1. The highest BCUT2D eigenvalue weighted by molar-refractivity contribution is 6.02. The predicted octanol–water partition coefficient (Wildman–Crippen LogP) is 5.37. The lowest BCUT2D eigenvalue weighted by Crippen LogP contribution is -2.53. The monoisotopic (exact) mass is 512 g/mol. The summed E-state index contributed by atoms with van der Waals surface area (Å²) < 4.78 is 19.1. The van der Waals surface area contributed by atoms with Crippen molar-refractivity contribution < 1.29 is 15.3 Å². The van der Waals surface area contributed by atoms with E-state index in [0.29, 0.717) is 23.9 Å². The van der Waals surface area contributed by atoms with Gasteiger partial charge in [-0.05, 0) is 89.4 Å². The van der Waals surface area contributed by atoms with E-state index in [1.54, 1.807) is 26.0 Å². The third kappa shape index (κ3) is 5.81. The fourth-order valence-corrected chi connectivity index (χ4v) is 5.71. The fraction of sp³-hybridized carbons (Fsp3) is 0.607. The molecule has 0 radical (unpaired) electrons. The van der Waals surface area contributed by atoms with Crippen LogP contribution in [0.3, 0.4) is 0 Å². The largest absolute Gasteiger partial charge is 0.476 e. The van der Waals surface area contributed by atoms with Gasteiger partial charge < -0.3 is 25.6 Å². The van der Waals surface area contributed by atoms with Gasteiger partial charge in [0.05, 0.1) is 11.9 Å². The van der Waals surface area contributed by atoms with Gasteiger partial charge in [-0.25, -0.2) is 9.37 Å². The molecule has 9 heteroatoms. The highest BCUT2D eigenvalue weighted by Gasteiger charge is 2.42. The molecule has 0 bridgehead atoms. The van der Waals surface area contributed by atoms with Crippen LogP contribution < -0.4 is 20.7 Å². The maximum Gasteiger partial charge on any atom is 0.270 e. The maximum absolute atomic E-state index is 13.2. The Morgan fingerprint density at radius 2 is 1.97 bits per heavy atom. The smallest absolute Gasteiger partial charge is 0.270 e. The number of hydrogen-bond donors (Lipinski definition) is 2. The van der Waals surface area contributed by atoms with Gasteiger partial charge in [0.1, 0.15) is 5.75 Å². The number of hydrogen-bond acceptors (Lipinski definition) is 7. The summed E-state index contributed by atoms with van der Waals surface area (Å²) in [6.45, 7) is 9.44. The number of fused-ring (bicyclic) bond motifs is 2. The molecule has 2 atom stereocenters. The van der Waals surface area contributed by atoms with E-state index >= 15 is 0 Å². The van der Waals surface area contributed by atoms with Crippen molar-refractivity contribution in [3.05, 3.63) is 30.2 Å². The van der Waals surface area contributed by atoms with Crippen molar-refractivity contribution in [1.29, 1.82) is 0 Å². The van der Waals surface area contributed by atoms with Crippen molar-refractivity contribution >= 4 is 29.0 Å². The van der Waals surface area contributed by atoms with Crippen LogP contribution >= 0.6 is 0 Å². The van der Waals surface area contributed by atoms with Crippen molar-refractivity contribution in [2.24, 2.45) is 11.8 Å². The first-order chi connectivity index (χ1) is 17.7. The molecule has 0 spiro atoms. The molecule has 1 aromatic carbocycles. The van der Waals surface area contributed by atoms with Crippen LogP contribution in [-0.2, 0) is 4.79 Å². The van der Waals surface area contributed by atoms with Crippen molar-refractivity contribution in [2.45, 2.75) is 77.4 Å². The average Bonchev–Trinajstić information content (AvgIpc) is 3.69. The summed E-state index contributed by atoms with van der Waals surface area (Å²) in [6.07, 6.45) is 10.6. The van der Waals surface area contributed by atoms with E-state index in [9.17, 15) is 9.18 Å². The SMILES string of the molecule is CC1(C)Oc2cc(Nc3ncc(F)c(N)n3)ccc2N(CC2CC2)C1=O.C[C@@H]1CCCN2CCCC[C@H]12.[HH]. The Morgan fingerprint density at radius 1 is 1.19 bits per heavy atom. The Kier molecular flexibility index (Phi) is 7.25. The van der Waals surface area contributed by atoms with E-state index in [4.69, 9.17) is 10.5 Å². The van der Waals surface area contributed by atoms with Gasteiger partial charge in [-0.1, -0.05) is 13.3 Å².